The minimum absolute atomic E-state index is 0.485. The van der Waals surface area contributed by atoms with Gasteiger partial charge in [0.2, 0.25) is 0 Å². The molecule has 0 unspecified atom stereocenters. The molecule has 4 nitrogen and oxygen atoms in total. The Morgan fingerprint density at radius 1 is 1.33 bits per heavy atom. The van der Waals surface area contributed by atoms with Gasteiger partial charge in [0.25, 0.3) is 0 Å². The van der Waals surface area contributed by atoms with E-state index in [1.807, 2.05) is 14.0 Å². The smallest absolute Gasteiger partial charge is 0.134 e. The largest absolute Gasteiger partial charge is 0.373 e. The number of hydrogen-bond donors (Lipinski definition) is 1. The third-order valence-electron chi connectivity index (χ3n) is 4.34. The van der Waals surface area contributed by atoms with E-state index in [9.17, 15) is 0 Å². The minimum Gasteiger partial charge on any atom is -0.373 e. The number of nitrogens with one attached hydrogen (secondary N) is 1. The van der Waals surface area contributed by atoms with Gasteiger partial charge in [0.15, 0.2) is 0 Å². The maximum absolute atomic E-state index is 4.57. The zero-order valence-electron chi connectivity index (χ0n) is 12.0. The second-order valence-electron chi connectivity index (χ2n) is 5.29. The molecule has 0 bridgehead atoms. The highest BCUT2D eigenvalue weighted by Gasteiger charge is 2.35. The molecule has 0 spiro atoms. The summed E-state index contributed by atoms with van der Waals surface area (Å²) in [4.78, 5) is 11.3. The van der Waals surface area contributed by atoms with Crippen molar-refractivity contribution in [1.29, 1.82) is 0 Å². The lowest BCUT2D eigenvalue weighted by molar-refractivity contribution is 0.301. The number of hydrogen-bond acceptors (Lipinski definition) is 4. The first-order valence-corrected chi connectivity index (χ1v) is 6.91. The van der Waals surface area contributed by atoms with Gasteiger partial charge < -0.3 is 10.2 Å². The number of aromatic nitrogens is 2. The summed E-state index contributed by atoms with van der Waals surface area (Å²) < 4.78 is 0. The van der Waals surface area contributed by atoms with Gasteiger partial charge in [-0.25, -0.2) is 9.97 Å². The molecule has 1 saturated heterocycles. The van der Waals surface area contributed by atoms with E-state index in [4.69, 9.17) is 0 Å². The van der Waals surface area contributed by atoms with Gasteiger partial charge in [0.1, 0.15) is 17.5 Å². The van der Waals surface area contributed by atoms with Gasteiger partial charge in [-0.15, -0.1) is 0 Å². The molecule has 2 heterocycles. The molecule has 0 aromatic carbocycles. The van der Waals surface area contributed by atoms with E-state index in [1.54, 1.807) is 0 Å². The summed E-state index contributed by atoms with van der Waals surface area (Å²) in [5.74, 6) is 2.81. The summed E-state index contributed by atoms with van der Waals surface area (Å²) in [6, 6.07) is 2.05. The average Bonchev–Trinajstić information content (AvgIpc) is 2.83. The molecule has 0 aliphatic carbocycles. The van der Waals surface area contributed by atoms with Crippen molar-refractivity contribution in [2.24, 2.45) is 5.41 Å². The van der Waals surface area contributed by atoms with E-state index >= 15 is 0 Å². The summed E-state index contributed by atoms with van der Waals surface area (Å²) in [6.07, 6.45) is 3.78. The van der Waals surface area contributed by atoms with Crippen LogP contribution in [0.2, 0.25) is 0 Å². The highest BCUT2D eigenvalue weighted by atomic mass is 15.2. The van der Waals surface area contributed by atoms with E-state index in [0.29, 0.717) is 5.41 Å². The Hall–Kier alpha value is -1.32. The SMILES string of the molecule is CCC1(CC)CCN(c2cc(NC)nc(C)n2)C1. The van der Waals surface area contributed by atoms with Crippen LogP contribution in [-0.2, 0) is 0 Å². The van der Waals surface area contributed by atoms with Crippen molar-refractivity contribution in [1.82, 2.24) is 9.97 Å². The molecule has 1 aliphatic heterocycles. The standard InChI is InChI=1S/C14H24N4/c1-5-14(6-2)7-8-18(10-14)13-9-12(15-4)16-11(3)17-13/h9H,5-8,10H2,1-4H3,(H,15,16,17). The quantitative estimate of drug-likeness (QED) is 0.889. The van der Waals surface area contributed by atoms with Crippen LogP contribution in [0.25, 0.3) is 0 Å². The zero-order valence-corrected chi connectivity index (χ0v) is 12.0. The van der Waals surface area contributed by atoms with Crippen LogP contribution in [0.3, 0.4) is 0 Å². The van der Waals surface area contributed by atoms with Gasteiger partial charge in [-0.3, -0.25) is 0 Å². The van der Waals surface area contributed by atoms with E-state index in [2.05, 4.69) is 40.1 Å². The molecule has 1 aromatic heterocycles. The Morgan fingerprint density at radius 2 is 2.06 bits per heavy atom. The zero-order chi connectivity index (χ0) is 13.2. The Morgan fingerprint density at radius 3 is 2.61 bits per heavy atom. The molecule has 1 N–H and O–H groups in total. The van der Waals surface area contributed by atoms with Crippen LogP contribution in [-0.4, -0.2) is 30.1 Å². The van der Waals surface area contributed by atoms with Gasteiger partial charge in [-0.2, -0.15) is 0 Å². The lowest BCUT2D eigenvalue weighted by atomic mass is 9.82. The van der Waals surface area contributed by atoms with Gasteiger partial charge in [0, 0.05) is 26.2 Å². The number of rotatable bonds is 4. The van der Waals surface area contributed by atoms with Crippen LogP contribution < -0.4 is 10.2 Å². The van der Waals surface area contributed by atoms with Crippen LogP contribution >= 0.6 is 0 Å². The van der Waals surface area contributed by atoms with Crippen LogP contribution in [0.4, 0.5) is 11.6 Å². The van der Waals surface area contributed by atoms with E-state index in [-0.39, 0.29) is 0 Å². The molecule has 0 saturated carbocycles. The normalized spacial score (nSPS) is 18.1. The third kappa shape index (κ3) is 2.42. The molecule has 4 heteroatoms. The van der Waals surface area contributed by atoms with Crippen molar-refractivity contribution in [3.05, 3.63) is 11.9 Å². The summed E-state index contributed by atoms with van der Waals surface area (Å²) in [7, 11) is 1.90. The highest BCUT2D eigenvalue weighted by Crippen LogP contribution is 2.38. The predicted octanol–water partition coefficient (Wildman–Crippen LogP) is 2.84. The van der Waals surface area contributed by atoms with Crippen molar-refractivity contribution in [3.63, 3.8) is 0 Å². The van der Waals surface area contributed by atoms with Crippen LogP contribution in [0.1, 0.15) is 38.9 Å². The molecule has 0 atom stereocenters. The predicted molar refractivity (Wildman–Crippen MR) is 76.2 cm³/mol. The molecule has 0 amide bonds. The number of nitrogens with zero attached hydrogens (tertiary/aromatic N) is 3. The Bertz CT molecular complexity index is 412. The molecule has 1 aromatic rings. The maximum Gasteiger partial charge on any atom is 0.134 e. The third-order valence-corrected chi connectivity index (χ3v) is 4.34. The fourth-order valence-corrected chi connectivity index (χ4v) is 2.80. The molecule has 2 rings (SSSR count). The van der Waals surface area contributed by atoms with Crippen molar-refractivity contribution in [2.75, 3.05) is 30.4 Å². The first kappa shape index (κ1) is 13.1. The van der Waals surface area contributed by atoms with Gasteiger partial charge in [-0.1, -0.05) is 13.8 Å². The lowest BCUT2D eigenvalue weighted by Crippen LogP contribution is -2.27. The van der Waals surface area contributed by atoms with E-state index < -0.39 is 0 Å². The Labute approximate surface area is 110 Å². The van der Waals surface area contributed by atoms with Gasteiger partial charge in [-0.05, 0) is 31.6 Å². The summed E-state index contributed by atoms with van der Waals surface area (Å²) in [6.45, 7) is 8.79. The van der Waals surface area contributed by atoms with Crippen LogP contribution in [0.5, 0.6) is 0 Å². The van der Waals surface area contributed by atoms with Crippen molar-refractivity contribution < 1.29 is 0 Å². The van der Waals surface area contributed by atoms with Crippen molar-refractivity contribution in [2.45, 2.75) is 40.0 Å². The highest BCUT2D eigenvalue weighted by molar-refractivity contribution is 5.50. The van der Waals surface area contributed by atoms with Crippen LogP contribution in [0, 0.1) is 12.3 Å². The fourth-order valence-electron chi connectivity index (χ4n) is 2.80. The fraction of sp³-hybridized carbons (Fsp3) is 0.714. The van der Waals surface area contributed by atoms with E-state index in [0.717, 1.165) is 30.5 Å². The van der Waals surface area contributed by atoms with Crippen molar-refractivity contribution >= 4 is 11.6 Å². The first-order chi connectivity index (χ1) is 8.62. The maximum atomic E-state index is 4.57. The monoisotopic (exact) mass is 248 g/mol. The van der Waals surface area contributed by atoms with Gasteiger partial charge >= 0.3 is 0 Å². The average molecular weight is 248 g/mol. The number of aryl methyl sites for hydroxylation is 1. The summed E-state index contributed by atoms with van der Waals surface area (Å²) >= 11 is 0. The molecular formula is C14H24N4. The first-order valence-electron chi connectivity index (χ1n) is 6.91. The summed E-state index contributed by atoms with van der Waals surface area (Å²) in [5, 5.41) is 3.10. The van der Waals surface area contributed by atoms with Crippen LogP contribution in [0.15, 0.2) is 6.07 Å². The molecule has 1 fully saturated rings. The Balaban J connectivity index is 2.21. The molecule has 1 aliphatic rings. The van der Waals surface area contributed by atoms with Crippen molar-refractivity contribution in [3.8, 4) is 0 Å². The minimum atomic E-state index is 0.485. The second kappa shape index (κ2) is 5.12. The Kier molecular flexibility index (Phi) is 3.73. The molecule has 18 heavy (non-hydrogen) atoms. The molecule has 0 radical (unpaired) electrons. The van der Waals surface area contributed by atoms with E-state index in [1.165, 1.54) is 19.3 Å². The molecular weight excluding hydrogens is 224 g/mol. The van der Waals surface area contributed by atoms with Gasteiger partial charge in [0.05, 0.1) is 0 Å². The second-order valence-corrected chi connectivity index (χ2v) is 5.29. The molecule has 100 valence electrons. The topological polar surface area (TPSA) is 41.0 Å². The summed E-state index contributed by atoms with van der Waals surface area (Å²) in [5.41, 5.74) is 0.485. The number of anilines is 2. The lowest BCUT2D eigenvalue weighted by Gasteiger charge is -2.26.